The van der Waals surface area contributed by atoms with Crippen LogP contribution in [-0.4, -0.2) is 19.7 Å². The van der Waals surface area contributed by atoms with Crippen LogP contribution in [0.4, 0.5) is 0 Å². The van der Waals surface area contributed by atoms with E-state index in [2.05, 4.69) is 49.5 Å². The summed E-state index contributed by atoms with van der Waals surface area (Å²) >= 11 is 0. The van der Waals surface area contributed by atoms with E-state index in [4.69, 9.17) is 4.74 Å². The summed E-state index contributed by atoms with van der Waals surface area (Å²) in [6, 6.07) is 9.01. The highest BCUT2D eigenvalue weighted by Gasteiger charge is 2.33. The van der Waals surface area contributed by atoms with Gasteiger partial charge in [-0.05, 0) is 30.5 Å². The molecule has 98 valence electrons. The van der Waals surface area contributed by atoms with Gasteiger partial charge < -0.3 is 10.1 Å². The molecule has 0 unspecified atom stereocenters. The van der Waals surface area contributed by atoms with Gasteiger partial charge in [-0.25, -0.2) is 0 Å². The van der Waals surface area contributed by atoms with Gasteiger partial charge in [-0.3, -0.25) is 0 Å². The van der Waals surface area contributed by atoms with Gasteiger partial charge in [-0.2, -0.15) is 0 Å². The predicted octanol–water partition coefficient (Wildman–Crippen LogP) is 3.28. The van der Waals surface area contributed by atoms with Crippen LogP contribution in [0.2, 0.25) is 0 Å². The highest BCUT2D eigenvalue weighted by atomic mass is 16.5. The van der Waals surface area contributed by atoms with Crippen LogP contribution >= 0.6 is 0 Å². The Morgan fingerprint density at radius 2 is 2.00 bits per heavy atom. The Morgan fingerprint density at radius 3 is 2.61 bits per heavy atom. The topological polar surface area (TPSA) is 21.3 Å². The van der Waals surface area contributed by atoms with Crippen LogP contribution in [0.3, 0.4) is 0 Å². The van der Waals surface area contributed by atoms with Crippen LogP contribution in [0.25, 0.3) is 0 Å². The molecule has 1 aliphatic rings. The van der Waals surface area contributed by atoms with E-state index < -0.39 is 0 Å². The SMILES string of the molecule is COc1cccc(C2(CNC(C)C)CC=CC2)c1. The van der Waals surface area contributed by atoms with Crippen molar-refractivity contribution in [2.75, 3.05) is 13.7 Å². The third-order valence-corrected chi connectivity index (χ3v) is 3.71. The lowest BCUT2D eigenvalue weighted by molar-refractivity contribution is 0.389. The summed E-state index contributed by atoms with van der Waals surface area (Å²) in [5, 5.41) is 3.58. The van der Waals surface area contributed by atoms with Crippen molar-refractivity contribution in [2.24, 2.45) is 0 Å². The van der Waals surface area contributed by atoms with E-state index in [-0.39, 0.29) is 5.41 Å². The van der Waals surface area contributed by atoms with Gasteiger partial charge in [-0.15, -0.1) is 0 Å². The Hall–Kier alpha value is -1.28. The van der Waals surface area contributed by atoms with Crippen molar-refractivity contribution >= 4 is 0 Å². The molecule has 0 saturated heterocycles. The number of nitrogens with one attached hydrogen (secondary N) is 1. The third kappa shape index (κ3) is 2.75. The summed E-state index contributed by atoms with van der Waals surface area (Å²) in [6.45, 7) is 5.41. The van der Waals surface area contributed by atoms with Gasteiger partial charge in [0.1, 0.15) is 5.75 Å². The summed E-state index contributed by atoms with van der Waals surface area (Å²) in [7, 11) is 1.73. The molecule has 2 rings (SSSR count). The normalized spacial score (nSPS) is 17.3. The second kappa shape index (κ2) is 5.57. The van der Waals surface area contributed by atoms with E-state index in [1.807, 2.05) is 6.07 Å². The van der Waals surface area contributed by atoms with Crippen LogP contribution in [-0.2, 0) is 5.41 Å². The van der Waals surface area contributed by atoms with Crippen LogP contribution in [0.15, 0.2) is 36.4 Å². The molecule has 0 atom stereocenters. The number of hydrogen-bond donors (Lipinski definition) is 1. The molecule has 1 aromatic carbocycles. The minimum absolute atomic E-state index is 0.207. The Kier molecular flexibility index (Phi) is 4.07. The fourth-order valence-electron chi connectivity index (χ4n) is 2.54. The quantitative estimate of drug-likeness (QED) is 0.804. The first-order valence-corrected chi connectivity index (χ1v) is 6.69. The molecule has 0 amide bonds. The van der Waals surface area contributed by atoms with Gasteiger partial charge in [0, 0.05) is 18.0 Å². The first-order valence-electron chi connectivity index (χ1n) is 6.69. The Morgan fingerprint density at radius 1 is 1.28 bits per heavy atom. The molecule has 0 bridgehead atoms. The zero-order valence-corrected chi connectivity index (χ0v) is 11.6. The van der Waals surface area contributed by atoms with Crippen molar-refractivity contribution in [1.29, 1.82) is 0 Å². The van der Waals surface area contributed by atoms with Crippen molar-refractivity contribution in [1.82, 2.24) is 5.32 Å². The Labute approximate surface area is 110 Å². The number of rotatable bonds is 5. The summed E-state index contributed by atoms with van der Waals surface area (Å²) in [6.07, 6.45) is 6.81. The van der Waals surface area contributed by atoms with E-state index in [0.29, 0.717) is 6.04 Å². The first-order chi connectivity index (χ1) is 8.66. The summed E-state index contributed by atoms with van der Waals surface area (Å²) in [5.41, 5.74) is 1.58. The second-order valence-corrected chi connectivity index (χ2v) is 5.43. The molecule has 0 aromatic heterocycles. The fraction of sp³-hybridized carbons (Fsp3) is 0.500. The van der Waals surface area contributed by atoms with Crippen molar-refractivity contribution in [2.45, 2.75) is 38.1 Å². The number of hydrogen-bond acceptors (Lipinski definition) is 2. The molecular formula is C16H23NO. The average Bonchev–Trinajstić information content (AvgIpc) is 2.86. The number of benzene rings is 1. The van der Waals surface area contributed by atoms with E-state index in [1.165, 1.54) is 5.56 Å². The minimum Gasteiger partial charge on any atom is -0.497 e. The van der Waals surface area contributed by atoms with Crippen molar-refractivity contribution in [3.8, 4) is 5.75 Å². The fourth-order valence-corrected chi connectivity index (χ4v) is 2.54. The Bertz CT molecular complexity index is 415. The van der Waals surface area contributed by atoms with Crippen LogP contribution in [0.1, 0.15) is 32.3 Å². The molecule has 2 heteroatoms. The van der Waals surface area contributed by atoms with E-state index in [9.17, 15) is 0 Å². The number of allylic oxidation sites excluding steroid dienone is 2. The van der Waals surface area contributed by atoms with Crippen molar-refractivity contribution < 1.29 is 4.74 Å². The maximum Gasteiger partial charge on any atom is 0.119 e. The molecule has 0 fully saturated rings. The molecule has 0 heterocycles. The molecular weight excluding hydrogens is 222 g/mol. The summed E-state index contributed by atoms with van der Waals surface area (Å²) < 4.78 is 5.34. The number of methoxy groups -OCH3 is 1. The molecule has 0 saturated carbocycles. The highest BCUT2D eigenvalue weighted by molar-refractivity contribution is 5.37. The maximum atomic E-state index is 5.34. The minimum atomic E-state index is 0.207. The van der Waals surface area contributed by atoms with Gasteiger partial charge in [-0.1, -0.05) is 38.1 Å². The lowest BCUT2D eigenvalue weighted by atomic mass is 9.78. The molecule has 2 nitrogen and oxygen atoms in total. The zero-order chi connectivity index (χ0) is 13.0. The van der Waals surface area contributed by atoms with Gasteiger partial charge >= 0.3 is 0 Å². The molecule has 0 spiro atoms. The molecule has 0 radical (unpaired) electrons. The molecule has 0 aliphatic heterocycles. The van der Waals surface area contributed by atoms with E-state index in [1.54, 1.807) is 7.11 Å². The van der Waals surface area contributed by atoms with Crippen LogP contribution < -0.4 is 10.1 Å². The van der Waals surface area contributed by atoms with Gasteiger partial charge in [0.2, 0.25) is 0 Å². The van der Waals surface area contributed by atoms with Gasteiger partial charge in [0.25, 0.3) is 0 Å². The van der Waals surface area contributed by atoms with E-state index in [0.717, 1.165) is 25.1 Å². The standard InChI is InChI=1S/C16H23NO/c1-13(2)17-12-16(9-4-5-10-16)14-7-6-8-15(11-14)18-3/h4-8,11,13,17H,9-10,12H2,1-3H3. The third-order valence-electron chi connectivity index (χ3n) is 3.71. The van der Waals surface area contributed by atoms with Gasteiger partial charge in [0.15, 0.2) is 0 Å². The molecule has 1 aromatic rings. The monoisotopic (exact) mass is 245 g/mol. The zero-order valence-electron chi connectivity index (χ0n) is 11.6. The number of ether oxygens (including phenoxy) is 1. The summed E-state index contributed by atoms with van der Waals surface area (Å²) in [5.74, 6) is 0.948. The molecule has 1 N–H and O–H groups in total. The van der Waals surface area contributed by atoms with E-state index >= 15 is 0 Å². The second-order valence-electron chi connectivity index (χ2n) is 5.43. The first kappa shape index (κ1) is 13.2. The molecule has 18 heavy (non-hydrogen) atoms. The van der Waals surface area contributed by atoms with Crippen LogP contribution in [0, 0.1) is 0 Å². The molecule has 1 aliphatic carbocycles. The predicted molar refractivity (Wildman–Crippen MR) is 76.2 cm³/mol. The van der Waals surface area contributed by atoms with Crippen molar-refractivity contribution in [3.63, 3.8) is 0 Å². The largest absolute Gasteiger partial charge is 0.497 e. The smallest absolute Gasteiger partial charge is 0.119 e. The lowest BCUT2D eigenvalue weighted by Crippen LogP contribution is -2.39. The van der Waals surface area contributed by atoms with Crippen molar-refractivity contribution in [3.05, 3.63) is 42.0 Å². The Balaban J connectivity index is 2.23. The maximum absolute atomic E-state index is 5.34. The highest BCUT2D eigenvalue weighted by Crippen LogP contribution is 2.37. The average molecular weight is 245 g/mol. The lowest BCUT2D eigenvalue weighted by Gasteiger charge is -2.31. The summed E-state index contributed by atoms with van der Waals surface area (Å²) in [4.78, 5) is 0. The van der Waals surface area contributed by atoms with Crippen LogP contribution in [0.5, 0.6) is 5.75 Å². The van der Waals surface area contributed by atoms with Gasteiger partial charge in [0.05, 0.1) is 7.11 Å².